The highest BCUT2D eigenvalue weighted by Gasteiger charge is 2.16. The Balaban J connectivity index is 1.93. The van der Waals surface area contributed by atoms with Gasteiger partial charge in [0.1, 0.15) is 11.9 Å². The summed E-state index contributed by atoms with van der Waals surface area (Å²) in [7, 11) is 6.49. The van der Waals surface area contributed by atoms with E-state index in [2.05, 4.69) is 15.6 Å². The van der Waals surface area contributed by atoms with Crippen molar-refractivity contribution in [1.29, 1.82) is 0 Å². The lowest BCUT2D eigenvalue weighted by Gasteiger charge is -2.19. The molecule has 0 bridgehead atoms. The third-order valence-corrected chi connectivity index (χ3v) is 4.42. The van der Waals surface area contributed by atoms with Crippen molar-refractivity contribution in [2.75, 3.05) is 34.9 Å². The summed E-state index contributed by atoms with van der Waals surface area (Å²) in [6.07, 6.45) is -0.0645. The molecule has 29 heavy (non-hydrogen) atoms. The molecule has 0 aliphatic heterocycles. The van der Waals surface area contributed by atoms with Gasteiger partial charge in [-0.3, -0.25) is 4.99 Å². The molecule has 0 aliphatic carbocycles. The Morgan fingerprint density at radius 2 is 1.66 bits per heavy atom. The molecule has 0 saturated heterocycles. The van der Waals surface area contributed by atoms with Gasteiger partial charge in [-0.1, -0.05) is 11.6 Å². The topological polar surface area (TPSA) is 73.3 Å². The molecular formula is C21H28ClN3O4. The van der Waals surface area contributed by atoms with Crippen LogP contribution >= 0.6 is 11.6 Å². The first-order chi connectivity index (χ1) is 14.0. The Hall–Kier alpha value is -2.80. The van der Waals surface area contributed by atoms with Crippen molar-refractivity contribution in [2.45, 2.75) is 19.6 Å². The molecule has 8 heteroatoms. The molecule has 2 aromatic rings. The van der Waals surface area contributed by atoms with Gasteiger partial charge in [-0.25, -0.2) is 0 Å². The summed E-state index contributed by atoms with van der Waals surface area (Å²) in [4.78, 5) is 4.25. The molecule has 0 aromatic heterocycles. The second-order valence-corrected chi connectivity index (χ2v) is 6.62. The van der Waals surface area contributed by atoms with E-state index in [1.54, 1.807) is 40.5 Å². The lowest BCUT2D eigenvalue weighted by Crippen LogP contribution is -2.41. The third-order valence-electron chi connectivity index (χ3n) is 4.16. The van der Waals surface area contributed by atoms with Gasteiger partial charge < -0.3 is 29.6 Å². The van der Waals surface area contributed by atoms with Gasteiger partial charge in [-0.15, -0.1) is 0 Å². The highest BCUT2D eigenvalue weighted by molar-refractivity contribution is 6.30. The van der Waals surface area contributed by atoms with Crippen molar-refractivity contribution < 1.29 is 18.9 Å². The number of hydrogen-bond acceptors (Lipinski definition) is 5. The number of aliphatic imine (C=N–C) groups is 1. The molecule has 1 atom stereocenters. The summed E-state index contributed by atoms with van der Waals surface area (Å²) >= 11 is 5.90. The van der Waals surface area contributed by atoms with Crippen LogP contribution in [0.3, 0.4) is 0 Å². The molecular weight excluding hydrogens is 394 g/mol. The van der Waals surface area contributed by atoms with Crippen LogP contribution in [0.2, 0.25) is 5.02 Å². The van der Waals surface area contributed by atoms with Crippen molar-refractivity contribution in [3.05, 3.63) is 47.0 Å². The quantitative estimate of drug-likeness (QED) is 0.477. The lowest BCUT2D eigenvalue weighted by atomic mass is 10.1. The summed E-state index contributed by atoms with van der Waals surface area (Å²) < 4.78 is 22.1. The highest BCUT2D eigenvalue weighted by atomic mass is 35.5. The van der Waals surface area contributed by atoms with Gasteiger partial charge in [0.25, 0.3) is 0 Å². The number of guanidine groups is 1. The van der Waals surface area contributed by atoms with Crippen LogP contribution in [0.15, 0.2) is 41.4 Å². The minimum absolute atomic E-state index is 0.0645. The minimum Gasteiger partial charge on any atom is -0.493 e. The number of ether oxygens (including phenoxy) is 4. The fourth-order valence-corrected chi connectivity index (χ4v) is 2.86. The molecule has 0 saturated carbocycles. The SMILES string of the molecule is CN=C(NCc1ccc(OC)c(OC)c1OC)NCC(C)Oc1ccc(Cl)cc1. The highest BCUT2D eigenvalue weighted by Crippen LogP contribution is 2.39. The fourth-order valence-electron chi connectivity index (χ4n) is 2.73. The molecule has 2 aromatic carbocycles. The van der Waals surface area contributed by atoms with E-state index in [-0.39, 0.29) is 6.10 Å². The normalized spacial score (nSPS) is 12.1. The van der Waals surface area contributed by atoms with Crippen LogP contribution in [0, 0.1) is 0 Å². The van der Waals surface area contributed by atoms with Crippen LogP contribution in [0.4, 0.5) is 0 Å². The smallest absolute Gasteiger partial charge is 0.203 e. The van der Waals surface area contributed by atoms with Crippen LogP contribution < -0.4 is 29.6 Å². The van der Waals surface area contributed by atoms with E-state index in [4.69, 9.17) is 30.5 Å². The molecule has 0 amide bonds. The second kappa shape index (κ2) is 11.3. The summed E-state index contributed by atoms with van der Waals surface area (Å²) in [5.74, 6) is 3.20. The Bertz CT molecular complexity index is 812. The molecule has 2 N–H and O–H groups in total. The zero-order valence-electron chi connectivity index (χ0n) is 17.4. The first kappa shape index (κ1) is 22.5. The summed E-state index contributed by atoms with van der Waals surface area (Å²) in [6.45, 7) is 3.05. The van der Waals surface area contributed by atoms with E-state index >= 15 is 0 Å². The zero-order valence-corrected chi connectivity index (χ0v) is 18.2. The van der Waals surface area contributed by atoms with Gasteiger partial charge in [0, 0.05) is 24.2 Å². The first-order valence-corrected chi connectivity index (χ1v) is 9.54. The summed E-state index contributed by atoms with van der Waals surface area (Å²) in [5.41, 5.74) is 0.915. The monoisotopic (exact) mass is 421 g/mol. The van der Waals surface area contributed by atoms with E-state index in [0.29, 0.717) is 41.3 Å². The van der Waals surface area contributed by atoms with E-state index < -0.39 is 0 Å². The van der Waals surface area contributed by atoms with Crippen molar-refractivity contribution in [3.8, 4) is 23.0 Å². The van der Waals surface area contributed by atoms with E-state index in [1.165, 1.54) is 0 Å². The average Bonchev–Trinajstić information content (AvgIpc) is 2.74. The van der Waals surface area contributed by atoms with Gasteiger partial charge in [-0.2, -0.15) is 0 Å². The number of benzene rings is 2. The van der Waals surface area contributed by atoms with Crippen LogP contribution in [0.1, 0.15) is 12.5 Å². The maximum absolute atomic E-state index is 5.90. The number of rotatable bonds is 9. The van der Waals surface area contributed by atoms with E-state index in [1.807, 2.05) is 31.2 Å². The number of hydrogen-bond donors (Lipinski definition) is 2. The van der Waals surface area contributed by atoms with Crippen LogP contribution in [0.5, 0.6) is 23.0 Å². The number of halogens is 1. The molecule has 0 aliphatic rings. The zero-order chi connectivity index (χ0) is 21.2. The van der Waals surface area contributed by atoms with Crippen molar-refractivity contribution >= 4 is 17.6 Å². The minimum atomic E-state index is -0.0645. The van der Waals surface area contributed by atoms with Crippen LogP contribution in [-0.4, -0.2) is 47.0 Å². The second-order valence-electron chi connectivity index (χ2n) is 6.18. The third kappa shape index (κ3) is 6.35. The Labute approximate surface area is 177 Å². The molecule has 1 unspecified atom stereocenters. The van der Waals surface area contributed by atoms with E-state index in [9.17, 15) is 0 Å². The number of methoxy groups -OCH3 is 3. The largest absolute Gasteiger partial charge is 0.493 e. The predicted octanol–water partition coefficient (Wildman–Crippen LogP) is 3.50. The van der Waals surface area contributed by atoms with Crippen molar-refractivity contribution in [2.24, 2.45) is 4.99 Å². The maximum Gasteiger partial charge on any atom is 0.203 e. The Kier molecular flexibility index (Phi) is 8.73. The maximum atomic E-state index is 5.90. The fraction of sp³-hybridized carbons (Fsp3) is 0.381. The average molecular weight is 422 g/mol. The van der Waals surface area contributed by atoms with Gasteiger partial charge in [-0.05, 0) is 43.3 Å². The summed E-state index contributed by atoms with van der Waals surface area (Å²) in [5, 5.41) is 7.20. The molecule has 158 valence electrons. The number of nitrogens with zero attached hydrogens (tertiary/aromatic N) is 1. The Morgan fingerprint density at radius 3 is 2.24 bits per heavy atom. The molecule has 0 fully saturated rings. The van der Waals surface area contributed by atoms with Gasteiger partial charge >= 0.3 is 0 Å². The standard InChI is InChI=1S/C21H28ClN3O4/c1-14(29-17-9-7-16(22)8-10-17)12-24-21(23-2)25-13-15-6-11-18(26-3)20(28-5)19(15)27-4/h6-11,14H,12-13H2,1-5H3,(H2,23,24,25). The molecule has 0 radical (unpaired) electrons. The van der Waals surface area contributed by atoms with Crippen LogP contribution in [0.25, 0.3) is 0 Å². The summed E-state index contributed by atoms with van der Waals surface area (Å²) in [6, 6.07) is 11.1. The van der Waals surface area contributed by atoms with Crippen molar-refractivity contribution in [1.82, 2.24) is 10.6 Å². The molecule has 0 spiro atoms. The molecule has 7 nitrogen and oxygen atoms in total. The molecule has 0 heterocycles. The van der Waals surface area contributed by atoms with Gasteiger partial charge in [0.2, 0.25) is 5.75 Å². The van der Waals surface area contributed by atoms with Crippen LogP contribution in [-0.2, 0) is 6.54 Å². The Morgan fingerprint density at radius 1 is 0.966 bits per heavy atom. The number of nitrogens with one attached hydrogen (secondary N) is 2. The first-order valence-electron chi connectivity index (χ1n) is 9.17. The van der Waals surface area contributed by atoms with Gasteiger partial charge in [0.15, 0.2) is 17.5 Å². The molecule has 2 rings (SSSR count). The predicted molar refractivity (Wildman–Crippen MR) is 116 cm³/mol. The van der Waals surface area contributed by atoms with E-state index in [0.717, 1.165) is 11.3 Å². The van der Waals surface area contributed by atoms with Gasteiger partial charge in [0.05, 0.1) is 27.9 Å². The van der Waals surface area contributed by atoms with Crippen molar-refractivity contribution in [3.63, 3.8) is 0 Å². The lowest BCUT2D eigenvalue weighted by molar-refractivity contribution is 0.224.